The van der Waals surface area contributed by atoms with Crippen molar-refractivity contribution in [2.75, 3.05) is 51.2 Å². The normalized spacial score (nSPS) is 17.9. The van der Waals surface area contributed by atoms with Crippen molar-refractivity contribution in [3.8, 4) is 0 Å². The molecule has 0 aromatic heterocycles. The van der Waals surface area contributed by atoms with E-state index in [1.54, 1.807) is 7.05 Å². The summed E-state index contributed by atoms with van der Waals surface area (Å²) in [6.07, 6.45) is 0.842. The van der Waals surface area contributed by atoms with E-state index in [2.05, 4.69) is 11.8 Å². The average Bonchev–Trinajstić information content (AvgIpc) is 2.89. The fourth-order valence-electron chi connectivity index (χ4n) is 3.56. The molecule has 0 aliphatic carbocycles. The third kappa shape index (κ3) is 4.35. The summed E-state index contributed by atoms with van der Waals surface area (Å²) in [6.45, 7) is 5.33. The zero-order chi connectivity index (χ0) is 19.6. The van der Waals surface area contributed by atoms with Gasteiger partial charge in [0.1, 0.15) is 6.54 Å². The molecule has 2 aliphatic rings. The predicted octanol–water partition coefficient (Wildman–Crippen LogP) is 1.97. The molecule has 0 spiro atoms. The van der Waals surface area contributed by atoms with Gasteiger partial charge in [0.2, 0.25) is 11.8 Å². The summed E-state index contributed by atoms with van der Waals surface area (Å²) in [6, 6.07) is 5.58. The van der Waals surface area contributed by atoms with Crippen LogP contribution in [0.25, 0.3) is 0 Å². The van der Waals surface area contributed by atoms with Crippen molar-refractivity contribution in [3.63, 3.8) is 0 Å². The number of amides is 4. The number of benzene rings is 1. The van der Waals surface area contributed by atoms with Crippen molar-refractivity contribution in [1.82, 2.24) is 14.7 Å². The lowest BCUT2D eigenvalue weighted by molar-refractivity contribution is -0.132. The molecule has 0 saturated carbocycles. The lowest BCUT2D eigenvalue weighted by atomic mass is 10.1. The number of hydrogen-bond acceptors (Lipinski definition) is 4. The Hall–Kier alpha value is -2.28. The van der Waals surface area contributed by atoms with Gasteiger partial charge >= 0.3 is 6.03 Å². The number of imide groups is 1. The Morgan fingerprint density at radius 3 is 2.48 bits per heavy atom. The third-order valence-electron chi connectivity index (χ3n) is 5.15. The van der Waals surface area contributed by atoms with Crippen LogP contribution < -0.4 is 4.90 Å². The summed E-state index contributed by atoms with van der Waals surface area (Å²) in [4.78, 5) is 42.8. The standard InChI is InChI=1S/C19H25ClN4O3/c1-14-5-6-15(20)12-16(14)22-8-10-23(11-9-22)17(25)4-3-7-24-18(26)13-21(2)19(24)27/h5-6,12H,3-4,7-11,13H2,1-2H3. The lowest BCUT2D eigenvalue weighted by Gasteiger charge is -2.37. The van der Waals surface area contributed by atoms with Crippen molar-refractivity contribution in [2.45, 2.75) is 19.8 Å². The SMILES string of the molecule is Cc1ccc(Cl)cc1N1CCN(C(=O)CCCN2C(=O)CN(C)C2=O)CC1. The molecule has 0 atom stereocenters. The van der Waals surface area contributed by atoms with Gasteiger partial charge in [0.15, 0.2) is 0 Å². The molecular weight excluding hydrogens is 368 g/mol. The Morgan fingerprint density at radius 2 is 1.85 bits per heavy atom. The molecule has 1 aromatic rings. The van der Waals surface area contributed by atoms with Crippen LogP contribution in [0.3, 0.4) is 0 Å². The number of carbonyl (C=O) groups excluding carboxylic acids is 3. The molecule has 2 saturated heterocycles. The molecule has 0 N–H and O–H groups in total. The molecule has 2 heterocycles. The molecule has 0 bridgehead atoms. The van der Waals surface area contributed by atoms with E-state index in [0.29, 0.717) is 37.5 Å². The quantitative estimate of drug-likeness (QED) is 0.719. The van der Waals surface area contributed by atoms with Gasteiger partial charge in [-0.25, -0.2) is 4.79 Å². The van der Waals surface area contributed by atoms with Crippen molar-refractivity contribution in [3.05, 3.63) is 28.8 Å². The van der Waals surface area contributed by atoms with E-state index < -0.39 is 0 Å². The van der Waals surface area contributed by atoms with E-state index in [0.717, 1.165) is 18.8 Å². The van der Waals surface area contributed by atoms with Gasteiger partial charge in [-0.05, 0) is 31.0 Å². The maximum Gasteiger partial charge on any atom is 0.326 e. The largest absolute Gasteiger partial charge is 0.368 e. The van der Waals surface area contributed by atoms with Crippen LogP contribution >= 0.6 is 11.6 Å². The molecule has 4 amide bonds. The summed E-state index contributed by atoms with van der Waals surface area (Å²) in [7, 11) is 1.60. The van der Waals surface area contributed by atoms with Gasteiger partial charge in [0.05, 0.1) is 0 Å². The van der Waals surface area contributed by atoms with Crippen molar-refractivity contribution in [1.29, 1.82) is 0 Å². The summed E-state index contributed by atoms with van der Waals surface area (Å²) in [5.41, 5.74) is 2.29. The van der Waals surface area contributed by atoms with Gasteiger partial charge in [-0.15, -0.1) is 0 Å². The van der Waals surface area contributed by atoms with Gasteiger partial charge in [-0.1, -0.05) is 17.7 Å². The first-order chi connectivity index (χ1) is 12.9. The molecule has 8 heteroatoms. The van der Waals surface area contributed by atoms with Crippen molar-refractivity contribution >= 4 is 35.1 Å². The number of rotatable bonds is 5. The highest BCUT2D eigenvalue weighted by Gasteiger charge is 2.33. The molecule has 146 valence electrons. The second kappa shape index (κ2) is 8.17. The van der Waals surface area contributed by atoms with E-state index in [9.17, 15) is 14.4 Å². The van der Waals surface area contributed by atoms with E-state index in [-0.39, 0.29) is 24.4 Å². The molecule has 2 aliphatic heterocycles. The van der Waals surface area contributed by atoms with Crippen LogP contribution in [0.15, 0.2) is 18.2 Å². The second-order valence-corrected chi connectivity index (χ2v) is 7.52. The molecular formula is C19H25ClN4O3. The Kier molecular flexibility index (Phi) is 5.89. The van der Waals surface area contributed by atoms with Gasteiger partial charge in [0, 0.05) is 56.9 Å². The Morgan fingerprint density at radius 1 is 1.15 bits per heavy atom. The second-order valence-electron chi connectivity index (χ2n) is 7.09. The molecule has 7 nitrogen and oxygen atoms in total. The van der Waals surface area contributed by atoms with Gasteiger partial charge in [-0.2, -0.15) is 0 Å². The molecule has 0 unspecified atom stereocenters. The zero-order valence-corrected chi connectivity index (χ0v) is 16.5. The first-order valence-corrected chi connectivity index (χ1v) is 9.59. The van der Waals surface area contributed by atoms with Crippen LogP contribution in [0.2, 0.25) is 5.02 Å². The molecule has 2 fully saturated rings. The van der Waals surface area contributed by atoms with E-state index >= 15 is 0 Å². The highest BCUT2D eigenvalue weighted by Crippen LogP contribution is 2.25. The fourth-order valence-corrected chi connectivity index (χ4v) is 3.72. The lowest BCUT2D eigenvalue weighted by Crippen LogP contribution is -2.49. The molecule has 27 heavy (non-hydrogen) atoms. The van der Waals surface area contributed by atoms with Crippen LogP contribution in [0.5, 0.6) is 0 Å². The Labute approximate surface area is 164 Å². The van der Waals surface area contributed by atoms with Crippen LogP contribution in [0.4, 0.5) is 10.5 Å². The maximum absolute atomic E-state index is 12.5. The number of hydrogen-bond donors (Lipinski definition) is 0. The number of urea groups is 1. The van der Waals surface area contributed by atoms with Crippen LogP contribution in [0, 0.1) is 6.92 Å². The summed E-state index contributed by atoms with van der Waals surface area (Å²) in [5.74, 6) is -0.120. The smallest absolute Gasteiger partial charge is 0.326 e. The number of piperazine rings is 1. The third-order valence-corrected chi connectivity index (χ3v) is 5.38. The van der Waals surface area contributed by atoms with Crippen molar-refractivity contribution < 1.29 is 14.4 Å². The highest BCUT2D eigenvalue weighted by molar-refractivity contribution is 6.30. The first-order valence-electron chi connectivity index (χ1n) is 9.21. The highest BCUT2D eigenvalue weighted by atomic mass is 35.5. The monoisotopic (exact) mass is 392 g/mol. The minimum Gasteiger partial charge on any atom is -0.368 e. The van der Waals surface area contributed by atoms with Crippen LogP contribution in [-0.2, 0) is 9.59 Å². The zero-order valence-electron chi connectivity index (χ0n) is 15.8. The number of anilines is 1. The molecule has 0 radical (unpaired) electrons. The minimum atomic E-state index is -0.280. The topological polar surface area (TPSA) is 64.2 Å². The Balaban J connectivity index is 1.45. The number of carbonyl (C=O) groups is 3. The van der Waals surface area contributed by atoms with Gasteiger partial charge in [-0.3, -0.25) is 14.5 Å². The minimum absolute atomic E-state index is 0.0740. The van der Waals surface area contributed by atoms with Gasteiger partial charge < -0.3 is 14.7 Å². The fraction of sp³-hybridized carbons (Fsp3) is 0.526. The first kappa shape index (κ1) is 19.5. The van der Waals surface area contributed by atoms with Crippen LogP contribution in [-0.4, -0.2) is 78.9 Å². The number of halogens is 1. The summed E-state index contributed by atoms with van der Waals surface area (Å²) in [5, 5.41) is 0.714. The van der Waals surface area contributed by atoms with Crippen LogP contribution in [0.1, 0.15) is 18.4 Å². The molecule has 3 rings (SSSR count). The van der Waals surface area contributed by atoms with E-state index in [1.807, 2.05) is 23.1 Å². The van der Waals surface area contributed by atoms with E-state index in [4.69, 9.17) is 11.6 Å². The predicted molar refractivity (Wildman–Crippen MR) is 104 cm³/mol. The number of nitrogens with zero attached hydrogens (tertiary/aromatic N) is 4. The number of likely N-dealkylation sites (N-methyl/N-ethyl adjacent to an activating group) is 1. The maximum atomic E-state index is 12.5. The average molecular weight is 393 g/mol. The van der Waals surface area contributed by atoms with Crippen molar-refractivity contribution in [2.24, 2.45) is 0 Å². The summed E-state index contributed by atoms with van der Waals surface area (Å²) < 4.78 is 0. The number of aryl methyl sites for hydroxylation is 1. The summed E-state index contributed by atoms with van der Waals surface area (Å²) >= 11 is 6.11. The van der Waals surface area contributed by atoms with E-state index in [1.165, 1.54) is 15.4 Å². The van der Waals surface area contributed by atoms with Gasteiger partial charge in [0.25, 0.3) is 0 Å². The Bertz CT molecular complexity index is 746. The molecule has 1 aromatic carbocycles.